The first-order valence-corrected chi connectivity index (χ1v) is 6.44. The molecule has 0 unspecified atom stereocenters. The van der Waals surface area contributed by atoms with Crippen molar-refractivity contribution >= 4 is 23.4 Å². The molecule has 2 aromatic rings. The molecule has 0 bridgehead atoms. The number of aromatic nitrogens is 3. The zero-order chi connectivity index (χ0) is 12.3. The largest absolute Gasteiger partial charge is 0.330 e. The summed E-state index contributed by atoms with van der Waals surface area (Å²) in [7, 11) is 0. The Balaban J connectivity index is 2.28. The molecule has 0 spiro atoms. The van der Waals surface area contributed by atoms with E-state index in [1.54, 1.807) is 0 Å². The molecule has 0 atom stereocenters. The van der Waals surface area contributed by atoms with Gasteiger partial charge in [-0.3, -0.25) is 5.10 Å². The Hall–Kier alpha value is -1.04. The van der Waals surface area contributed by atoms with Crippen LogP contribution in [0.1, 0.15) is 11.4 Å². The lowest BCUT2D eigenvalue weighted by Gasteiger charge is -2.08. The van der Waals surface area contributed by atoms with Crippen molar-refractivity contribution in [3.05, 3.63) is 34.6 Å². The van der Waals surface area contributed by atoms with E-state index in [1.165, 1.54) is 11.8 Å². The molecule has 0 amide bonds. The topological polar surface area (TPSA) is 67.6 Å². The smallest absolute Gasteiger partial charge is 0.213 e. The Bertz CT molecular complexity index is 512. The van der Waals surface area contributed by atoms with E-state index in [2.05, 4.69) is 15.2 Å². The van der Waals surface area contributed by atoms with Crippen LogP contribution >= 0.6 is 23.4 Å². The lowest BCUT2D eigenvalue weighted by atomic mass is 10.1. The Morgan fingerprint density at radius 1 is 1.47 bits per heavy atom. The zero-order valence-corrected chi connectivity index (χ0v) is 11.0. The number of nitrogens with one attached hydrogen (secondary N) is 1. The highest BCUT2D eigenvalue weighted by molar-refractivity contribution is 7.99. The van der Waals surface area contributed by atoms with E-state index in [9.17, 15) is 0 Å². The van der Waals surface area contributed by atoms with Gasteiger partial charge < -0.3 is 5.73 Å². The minimum atomic E-state index is 0.574. The van der Waals surface area contributed by atoms with Crippen molar-refractivity contribution in [2.75, 3.05) is 6.54 Å². The summed E-state index contributed by atoms with van der Waals surface area (Å²) in [5, 5.41) is 8.35. The number of nitrogens with two attached hydrogens (primary N) is 1. The highest BCUT2D eigenvalue weighted by Gasteiger charge is 2.10. The number of aryl methyl sites for hydroxylation is 1. The molecule has 1 heterocycles. The number of halogens is 1. The van der Waals surface area contributed by atoms with Crippen molar-refractivity contribution in [1.82, 2.24) is 15.2 Å². The average Bonchev–Trinajstić information content (AvgIpc) is 2.69. The number of hydrogen-bond donors (Lipinski definition) is 2. The fourth-order valence-corrected chi connectivity index (χ4v) is 2.77. The van der Waals surface area contributed by atoms with Crippen LogP contribution in [0.3, 0.4) is 0 Å². The number of hydrogen-bond acceptors (Lipinski definition) is 4. The van der Waals surface area contributed by atoms with Gasteiger partial charge in [0.25, 0.3) is 0 Å². The van der Waals surface area contributed by atoms with Gasteiger partial charge in [0.1, 0.15) is 5.82 Å². The van der Waals surface area contributed by atoms with E-state index in [0.717, 1.165) is 27.7 Å². The maximum absolute atomic E-state index is 6.16. The van der Waals surface area contributed by atoms with Gasteiger partial charge in [-0.1, -0.05) is 17.7 Å². The fourth-order valence-electron chi connectivity index (χ4n) is 1.49. The Kier molecular flexibility index (Phi) is 4.04. The summed E-state index contributed by atoms with van der Waals surface area (Å²) in [6.07, 6.45) is 0.755. The van der Waals surface area contributed by atoms with Gasteiger partial charge >= 0.3 is 0 Å². The quantitative estimate of drug-likeness (QED) is 0.894. The summed E-state index contributed by atoms with van der Waals surface area (Å²) in [6, 6.07) is 5.80. The highest BCUT2D eigenvalue weighted by atomic mass is 35.5. The van der Waals surface area contributed by atoms with Crippen LogP contribution < -0.4 is 5.73 Å². The van der Waals surface area contributed by atoms with E-state index in [4.69, 9.17) is 17.3 Å². The van der Waals surface area contributed by atoms with Gasteiger partial charge in [0.15, 0.2) is 0 Å². The minimum Gasteiger partial charge on any atom is -0.330 e. The van der Waals surface area contributed by atoms with Crippen LogP contribution in [0.5, 0.6) is 0 Å². The summed E-state index contributed by atoms with van der Waals surface area (Å²) >= 11 is 7.66. The van der Waals surface area contributed by atoms with Crippen molar-refractivity contribution in [3.8, 4) is 0 Å². The van der Waals surface area contributed by atoms with Gasteiger partial charge in [0.05, 0.1) is 0 Å². The van der Waals surface area contributed by atoms with Crippen molar-refractivity contribution in [3.63, 3.8) is 0 Å². The molecule has 90 valence electrons. The number of benzene rings is 1. The molecular formula is C11H13ClN4S. The summed E-state index contributed by atoms with van der Waals surface area (Å²) in [5.41, 5.74) is 6.65. The van der Waals surface area contributed by atoms with Crippen molar-refractivity contribution in [2.24, 2.45) is 5.73 Å². The molecule has 2 rings (SSSR count). The summed E-state index contributed by atoms with van der Waals surface area (Å²) in [5.74, 6) is 0.801. The average molecular weight is 269 g/mol. The van der Waals surface area contributed by atoms with E-state index in [0.29, 0.717) is 11.7 Å². The molecule has 17 heavy (non-hydrogen) atoms. The van der Waals surface area contributed by atoms with Crippen LogP contribution in [-0.4, -0.2) is 21.7 Å². The molecule has 0 saturated heterocycles. The molecule has 1 aromatic carbocycles. The molecule has 0 fully saturated rings. The Labute approximate surface area is 109 Å². The third-order valence-corrected chi connectivity index (χ3v) is 3.57. The summed E-state index contributed by atoms with van der Waals surface area (Å²) in [6.45, 7) is 2.44. The predicted molar refractivity (Wildman–Crippen MR) is 69.5 cm³/mol. The molecule has 4 nitrogen and oxygen atoms in total. The minimum absolute atomic E-state index is 0.574. The normalized spacial score (nSPS) is 10.8. The van der Waals surface area contributed by atoms with Gasteiger partial charge in [0, 0.05) is 9.92 Å². The monoisotopic (exact) mass is 268 g/mol. The van der Waals surface area contributed by atoms with Crippen LogP contribution in [-0.2, 0) is 6.42 Å². The van der Waals surface area contributed by atoms with Crippen molar-refractivity contribution < 1.29 is 0 Å². The maximum Gasteiger partial charge on any atom is 0.213 e. The van der Waals surface area contributed by atoms with Crippen molar-refractivity contribution in [2.45, 2.75) is 23.4 Å². The van der Waals surface area contributed by atoms with Crippen LogP contribution in [0.2, 0.25) is 5.02 Å². The van der Waals surface area contributed by atoms with E-state index in [-0.39, 0.29) is 0 Å². The maximum atomic E-state index is 6.16. The van der Waals surface area contributed by atoms with Crippen molar-refractivity contribution in [1.29, 1.82) is 0 Å². The number of aromatic amines is 1. The van der Waals surface area contributed by atoms with E-state index in [1.807, 2.05) is 25.1 Å². The van der Waals surface area contributed by atoms with Gasteiger partial charge in [-0.25, -0.2) is 4.98 Å². The number of H-pyrrole nitrogens is 1. The molecule has 3 N–H and O–H groups in total. The third-order valence-electron chi connectivity index (χ3n) is 2.25. The van der Waals surface area contributed by atoms with Crippen LogP contribution in [0.15, 0.2) is 28.3 Å². The standard InChI is InChI=1S/C11H13ClN4S/c1-7-14-11(16-15-7)17-10-4-2-3-9(12)8(10)5-6-13/h2-4H,5-6,13H2,1H3,(H,14,15,16). The first-order chi connectivity index (χ1) is 8.20. The summed E-state index contributed by atoms with van der Waals surface area (Å²) < 4.78 is 0. The SMILES string of the molecule is Cc1nc(Sc2cccc(Cl)c2CCN)n[nH]1. The molecular weight excluding hydrogens is 256 g/mol. The first-order valence-electron chi connectivity index (χ1n) is 5.25. The molecule has 0 radical (unpaired) electrons. The molecule has 0 saturated carbocycles. The lowest BCUT2D eigenvalue weighted by molar-refractivity contribution is 0.937. The number of rotatable bonds is 4. The fraction of sp³-hybridized carbons (Fsp3) is 0.273. The van der Waals surface area contributed by atoms with Gasteiger partial charge in [-0.15, -0.1) is 5.10 Å². The van der Waals surface area contributed by atoms with Gasteiger partial charge in [-0.05, 0) is 49.3 Å². The predicted octanol–water partition coefficient (Wildman–Crippen LogP) is 2.42. The first kappa shape index (κ1) is 12.4. The van der Waals surface area contributed by atoms with E-state index >= 15 is 0 Å². The second kappa shape index (κ2) is 5.53. The molecule has 0 aliphatic carbocycles. The number of nitrogens with zero attached hydrogens (tertiary/aromatic N) is 2. The Morgan fingerprint density at radius 2 is 2.29 bits per heavy atom. The molecule has 0 aliphatic rings. The molecule has 1 aromatic heterocycles. The second-order valence-corrected chi connectivity index (χ2v) is 4.98. The molecule has 6 heteroatoms. The van der Waals surface area contributed by atoms with Gasteiger partial charge in [-0.2, -0.15) is 0 Å². The van der Waals surface area contributed by atoms with Crippen LogP contribution in [0.4, 0.5) is 0 Å². The van der Waals surface area contributed by atoms with Gasteiger partial charge in [0.2, 0.25) is 5.16 Å². The van der Waals surface area contributed by atoms with Crippen LogP contribution in [0, 0.1) is 6.92 Å². The highest BCUT2D eigenvalue weighted by Crippen LogP contribution is 2.32. The zero-order valence-electron chi connectivity index (χ0n) is 9.40. The van der Waals surface area contributed by atoms with E-state index < -0.39 is 0 Å². The third kappa shape index (κ3) is 3.00. The lowest BCUT2D eigenvalue weighted by Crippen LogP contribution is -2.04. The Morgan fingerprint density at radius 3 is 2.94 bits per heavy atom. The van der Waals surface area contributed by atoms with Crippen LogP contribution in [0.25, 0.3) is 0 Å². The molecule has 0 aliphatic heterocycles. The summed E-state index contributed by atoms with van der Waals surface area (Å²) in [4.78, 5) is 5.32. The second-order valence-electron chi connectivity index (χ2n) is 3.56.